The fraction of sp³-hybridized carbons (Fsp3) is 0.244. The van der Waals surface area contributed by atoms with Crippen LogP contribution in [0.1, 0.15) is 11.6 Å². The molecule has 34 nitrogen and oxygen atoms in total. The number of carbonyl (C=O) groups excluding carboxylic acids is 8. The molecule has 4 rings (SSSR count). The number of amides is 8. The van der Waals surface area contributed by atoms with Gasteiger partial charge in [-0.15, -0.1) is 0 Å². The standard InChI is InChI=1S/C41H56N24O10/c42-23(24(43)67)56-31(70)25(61-38(46)47)58-33(72)27(63-40(50)51)60-34(73)28(64-41(52)53)59-32(71)26(62-39(48)49)57-30(69)21(14-6-2-1-3-7-14)54-35(74)36(75)65-29(68)20(13-66)19-12-17-10-15-8-4-5-9-16(15)11-18(17)22(19)55-37(44)45/h1-12,19-21,23,25-28,36,66,75H,13,42H2,(H2,43,67)(H,54,74)(H,56,70)(H,57,69)(H,58,72)(H,59,71)(H,60,73)(H,65,68)(H4,44,45,55)(H4,46,47,61)(H4,48,49,62)(H4,50,51,63)(H4,52,53,64). The molecule has 0 aliphatic heterocycles. The number of carbonyl (C=O) groups is 8. The molecule has 0 saturated heterocycles. The highest BCUT2D eigenvalue weighted by atomic mass is 16.3. The van der Waals surface area contributed by atoms with Gasteiger partial charge in [0.1, 0.15) is 6.04 Å². The SMILES string of the molecule is N=C(N)NC1=c2cc3ccccc3cc2=CC1C(CO)C(=O)NC(O)C(=O)NC(C(=O)NC(NC(=N)N)C(=O)NC(NC(=N)N)C(=O)NC(NC(=N)N)C(=O)NC(NC(=N)N)C(=O)NC(N)C(N)=O)c1ccccc1. The van der Waals surface area contributed by atoms with Crippen LogP contribution < -0.4 is 114 Å². The smallest absolute Gasteiger partial charge is 0.270 e. The maximum atomic E-state index is 14.1. The zero-order chi connectivity index (χ0) is 55.8. The molecule has 33 N–H and O–H groups in total. The number of guanidine groups is 5. The molecule has 75 heavy (non-hydrogen) atoms. The monoisotopic (exact) mass is 1040 g/mol. The fourth-order valence-corrected chi connectivity index (χ4v) is 7.03. The van der Waals surface area contributed by atoms with Gasteiger partial charge < -0.3 is 114 Å². The molecule has 0 heterocycles. The highest BCUT2D eigenvalue weighted by molar-refractivity contribution is 6.01. The average molecular weight is 1050 g/mol. The Morgan fingerprint density at radius 3 is 1.36 bits per heavy atom. The van der Waals surface area contributed by atoms with Crippen molar-refractivity contribution in [2.24, 2.45) is 52.0 Å². The lowest BCUT2D eigenvalue weighted by atomic mass is 9.90. The van der Waals surface area contributed by atoms with Gasteiger partial charge in [-0.05, 0) is 33.7 Å². The summed E-state index contributed by atoms with van der Waals surface area (Å²) in [4.78, 5) is 106. The largest absolute Gasteiger partial charge is 0.396 e. The van der Waals surface area contributed by atoms with Gasteiger partial charge in [0.2, 0.25) is 18.0 Å². The van der Waals surface area contributed by atoms with E-state index in [1.807, 2.05) is 62.2 Å². The normalized spacial score (nSPS) is 15.5. The third-order valence-corrected chi connectivity index (χ3v) is 10.3. The van der Waals surface area contributed by atoms with Crippen LogP contribution >= 0.6 is 0 Å². The number of benzene rings is 3. The molecule has 0 saturated carbocycles. The molecule has 1 aliphatic rings. The van der Waals surface area contributed by atoms with Crippen molar-refractivity contribution in [3.05, 3.63) is 82.7 Å². The molecule has 400 valence electrons. The second-order valence-corrected chi connectivity index (χ2v) is 15.9. The van der Waals surface area contributed by atoms with Gasteiger partial charge in [0.05, 0.1) is 12.5 Å². The Bertz CT molecular complexity index is 2910. The number of nitrogens with two attached hydrogens (primary N) is 7. The number of rotatable bonds is 23. The van der Waals surface area contributed by atoms with Crippen LogP contribution in [0.5, 0.6) is 0 Å². The van der Waals surface area contributed by atoms with Crippen molar-refractivity contribution in [3.8, 4) is 0 Å². The van der Waals surface area contributed by atoms with Crippen LogP contribution in [0.3, 0.4) is 0 Å². The van der Waals surface area contributed by atoms with E-state index in [0.717, 1.165) is 10.8 Å². The van der Waals surface area contributed by atoms with E-state index in [1.54, 1.807) is 18.2 Å². The Hall–Kier alpha value is -10.4. The third-order valence-electron chi connectivity index (χ3n) is 10.3. The summed E-state index contributed by atoms with van der Waals surface area (Å²) in [7, 11) is 0. The van der Waals surface area contributed by atoms with Crippen LogP contribution in [-0.2, 0) is 38.4 Å². The summed E-state index contributed by atoms with van der Waals surface area (Å²) in [5.74, 6) is -17.1. The summed E-state index contributed by atoms with van der Waals surface area (Å²) in [5, 5.41) is 88.4. The van der Waals surface area contributed by atoms with Crippen molar-refractivity contribution in [1.82, 2.24) is 63.8 Å². The number of aliphatic hydroxyl groups excluding tert-OH is 2. The second-order valence-electron chi connectivity index (χ2n) is 15.9. The van der Waals surface area contributed by atoms with Crippen molar-refractivity contribution in [1.29, 1.82) is 27.0 Å². The topological polar surface area (TPSA) is 623 Å². The summed E-state index contributed by atoms with van der Waals surface area (Å²) in [6.45, 7) is -0.827. The minimum Gasteiger partial charge on any atom is -0.396 e. The molecule has 0 bridgehead atoms. The lowest BCUT2D eigenvalue weighted by Crippen LogP contribution is -2.69. The number of aliphatic hydroxyl groups is 2. The van der Waals surface area contributed by atoms with E-state index in [-0.39, 0.29) is 11.3 Å². The van der Waals surface area contributed by atoms with Crippen LogP contribution in [0.25, 0.3) is 22.5 Å². The Balaban J connectivity index is 1.54. The van der Waals surface area contributed by atoms with E-state index in [0.29, 0.717) is 10.4 Å². The van der Waals surface area contributed by atoms with Gasteiger partial charge in [0, 0.05) is 16.8 Å². The number of hydrogen-bond acceptors (Lipinski definition) is 16. The van der Waals surface area contributed by atoms with Gasteiger partial charge in [-0.25, -0.2) is 0 Å². The van der Waals surface area contributed by atoms with E-state index < -0.39 is 139 Å². The molecule has 0 spiro atoms. The molecule has 9 atom stereocenters. The number of nitrogens with one attached hydrogen (secondary N) is 17. The average Bonchev–Trinajstić information content (AvgIpc) is 3.66. The molecular weight excluding hydrogens is 989 g/mol. The second kappa shape index (κ2) is 25.7. The van der Waals surface area contributed by atoms with Gasteiger partial charge in [0.15, 0.2) is 60.6 Å². The summed E-state index contributed by atoms with van der Waals surface area (Å²) < 4.78 is 0. The minimum absolute atomic E-state index is 0.0177. The molecule has 0 radical (unpaired) electrons. The van der Waals surface area contributed by atoms with Gasteiger partial charge in [-0.3, -0.25) is 65.4 Å². The van der Waals surface area contributed by atoms with Crippen molar-refractivity contribution < 1.29 is 48.6 Å². The van der Waals surface area contributed by atoms with E-state index in [1.165, 1.54) is 24.3 Å². The van der Waals surface area contributed by atoms with E-state index in [9.17, 15) is 48.6 Å². The van der Waals surface area contributed by atoms with E-state index >= 15 is 0 Å². The molecule has 3 aromatic rings. The maximum Gasteiger partial charge on any atom is 0.270 e. The van der Waals surface area contributed by atoms with Crippen LogP contribution in [0, 0.1) is 38.9 Å². The molecule has 3 aromatic carbocycles. The molecule has 9 unspecified atom stereocenters. The summed E-state index contributed by atoms with van der Waals surface area (Å²) in [6, 6.07) is 16.3. The van der Waals surface area contributed by atoms with Crippen molar-refractivity contribution in [2.75, 3.05) is 6.61 Å². The minimum atomic E-state index is -2.40. The first-order chi connectivity index (χ1) is 35.3. The zero-order valence-corrected chi connectivity index (χ0v) is 39.0. The lowest BCUT2D eigenvalue weighted by Gasteiger charge is -2.28. The van der Waals surface area contributed by atoms with Crippen molar-refractivity contribution in [2.45, 2.75) is 43.1 Å². The van der Waals surface area contributed by atoms with Crippen LogP contribution in [0.15, 0.2) is 66.7 Å². The number of hydrogen-bond donors (Lipinski definition) is 26. The fourth-order valence-electron chi connectivity index (χ4n) is 7.03. The van der Waals surface area contributed by atoms with Gasteiger partial charge >= 0.3 is 0 Å². The number of primary amides is 1. The quantitative estimate of drug-likeness (QED) is 0.0238. The van der Waals surface area contributed by atoms with Crippen molar-refractivity contribution in [3.63, 3.8) is 0 Å². The predicted octanol–water partition coefficient (Wildman–Crippen LogP) is -11.7. The van der Waals surface area contributed by atoms with E-state index in [2.05, 4.69) is 31.9 Å². The maximum absolute atomic E-state index is 14.1. The molecule has 34 heteroatoms. The van der Waals surface area contributed by atoms with Crippen LogP contribution in [0.2, 0.25) is 0 Å². The summed E-state index contributed by atoms with van der Waals surface area (Å²) in [6.07, 6.45) is -11.0. The molecule has 0 fully saturated rings. The Labute approximate surface area is 422 Å². The summed E-state index contributed by atoms with van der Waals surface area (Å²) in [5.41, 5.74) is 38.1. The zero-order valence-electron chi connectivity index (χ0n) is 39.0. The van der Waals surface area contributed by atoms with Crippen LogP contribution in [0.4, 0.5) is 0 Å². The van der Waals surface area contributed by atoms with Gasteiger partial charge in [-0.1, -0.05) is 60.7 Å². The van der Waals surface area contributed by atoms with Crippen LogP contribution in [-0.4, -0.2) is 131 Å². The molecule has 0 aromatic heterocycles. The summed E-state index contributed by atoms with van der Waals surface area (Å²) >= 11 is 0. The molecule has 1 aliphatic carbocycles. The van der Waals surface area contributed by atoms with Gasteiger partial charge in [-0.2, -0.15) is 0 Å². The lowest BCUT2D eigenvalue weighted by molar-refractivity contribution is -0.141. The number of fused-ring (bicyclic) bond motifs is 2. The van der Waals surface area contributed by atoms with Gasteiger partial charge in [0.25, 0.3) is 35.4 Å². The molecular formula is C41H56N24O10. The first kappa shape index (κ1) is 57.2. The third kappa shape index (κ3) is 16.1. The van der Waals surface area contributed by atoms with E-state index in [4.69, 9.17) is 67.2 Å². The Kier molecular flexibility index (Phi) is 19.6. The highest BCUT2D eigenvalue weighted by Crippen LogP contribution is 2.25. The molecule has 8 amide bonds. The first-order valence-corrected chi connectivity index (χ1v) is 21.6. The first-order valence-electron chi connectivity index (χ1n) is 21.6. The Morgan fingerprint density at radius 2 is 0.933 bits per heavy atom. The Morgan fingerprint density at radius 1 is 0.507 bits per heavy atom. The predicted molar refractivity (Wildman–Crippen MR) is 265 cm³/mol. The highest BCUT2D eigenvalue weighted by Gasteiger charge is 2.37. The van der Waals surface area contributed by atoms with Crippen molar-refractivity contribution >= 4 is 99.6 Å².